The minimum Gasteiger partial charge on any atom is -0.409 e. The van der Waals surface area contributed by atoms with Crippen LogP contribution in [0.4, 0.5) is 0 Å². The van der Waals surface area contributed by atoms with E-state index in [0.29, 0.717) is 13.2 Å². The van der Waals surface area contributed by atoms with Gasteiger partial charge in [-0.2, -0.15) is 0 Å². The Balaban J connectivity index is 1.90. The molecular formula is C10H17N3O4. The number of oxime groups is 1. The van der Waals surface area contributed by atoms with Crippen molar-refractivity contribution in [3.63, 3.8) is 0 Å². The summed E-state index contributed by atoms with van der Waals surface area (Å²) in [6.07, 6.45) is 1.35. The Kier molecular flexibility index (Phi) is 3.80. The standard InChI is InChI=1S/C10H17N3O4/c11-9(13-15)8(6-1-2-6)12-10(14)7-5-16-3-4-17-7/h6-8,15H,1-5H2,(H2,11,13)(H,12,14). The van der Waals surface area contributed by atoms with E-state index < -0.39 is 12.1 Å². The number of nitrogens with two attached hydrogens (primary N) is 1. The second kappa shape index (κ2) is 5.33. The minimum absolute atomic E-state index is 0.0394. The molecule has 1 saturated carbocycles. The van der Waals surface area contributed by atoms with Crippen molar-refractivity contribution in [1.29, 1.82) is 0 Å². The van der Waals surface area contributed by atoms with Crippen LogP contribution in [0.25, 0.3) is 0 Å². The molecule has 1 aliphatic heterocycles. The normalized spacial score (nSPS) is 27.5. The second-order valence-corrected chi connectivity index (χ2v) is 4.28. The Hall–Kier alpha value is -1.34. The highest BCUT2D eigenvalue weighted by molar-refractivity contribution is 5.91. The van der Waals surface area contributed by atoms with E-state index in [4.69, 9.17) is 20.4 Å². The lowest BCUT2D eigenvalue weighted by Gasteiger charge is -2.24. The third-order valence-corrected chi connectivity index (χ3v) is 2.93. The monoisotopic (exact) mass is 243 g/mol. The number of hydrogen-bond acceptors (Lipinski definition) is 5. The maximum atomic E-state index is 11.9. The molecule has 1 saturated heterocycles. The first-order valence-electron chi connectivity index (χ1n) is 5.69. The van der Waals surface area contributed by atoms with Crippen molar-refractivity contribution < 1.29 is 19.5 Å². The average Bonchev–Trinajstić information content (AvgIpc) is 3.20. The number of amidine groups is 1. The number of nitrogens with zero attached hydrogens (tertiary/aromatic N) is 1. The van der Waals surface area contributed by atoms with Crippen LogP contribution < -0.4 is 11.1 Å². The predicted octanol–water partition coefficient (Wildman–Crippen LogP) is -0.957. The molecule has 2 fully saturated rings. The van der Waals surface area contributed by atoms with Gasteiger partial charge in [0.1, 0.15) is 0 Å². The van der Waals surface area contributed by atoms with Gasteiger partial charge in [0.05, 0.1) is 25.9 Å². The number of hydrogen-bond donors (Lipinski definition) is 3. The van der Waals surface area contributed by atoms with E-state index in [1.54, 1.807) is 0 Å². The minimum atomic E-state index is -0.600. The Morgan fingerprint density at radius 3 is 2.76 bits per heavy atom. The number of rotatable bonds is 4. The zero-order valence-corrected chi connectivity index (χ0v) is 9.46. The second-order valence-electron chi connectivity index (χ2n) is 4.28. The van der Waals surface area contributed by atoms with Crippen molar-refractivity contribution in [2.24, 2.45) is 16.8 Å². The van der Waals surface area contributed by atoms with Crippen LogP contribution in [0.1, 0.15) is 12.8 Å². The topological polar surface area (TPSA) is 106 Å². The molecule has 2 aliphatic rings. The molecule has 0 spiro atoms. The van der Waals surface area contributed by atoms with Gasteiger partial charge in [-0.05, 0) is 18.8 Å². The largest absolute Gasteiger partial charge is 0.409 e. The smallest absolute Gasteiger partial charge is 0.252 e. The maximum Gasteiger partial charge on any atom is 0.252 e. The highest BCUT2D eigenvalue weighted by atomic mass is 16.6. The van der Waals surface area contributed by atoms with Crippen LogP contribution >= 0.6 is 0 Å². The quantitative estimate of drug-likeness (QED) is 0.255. The van der Waals surface area contributed by atoms with Crippen molar-refractivity contribution in [1.82, 2.24) is 5.32 Å². The van der Waals surface area contributed by atoms with Gasteiger partial charge >= 0.3 is 0 Å². The fraction of sp³-hybridized carbons (Fsp3) is 0.800. The molecule has 7 nitrogen and oxygen atoms in total. The molecule has 4 N–H and O–H groups in total. The third kappa shape index (κ3) is 3.07. The highest BCUT2D eigenvalue weighted by Crippen LogP contribution is 2.32. The summed E-state index contributed by atoms with van der Waals surface area (Å²) in [6.45, 7) is 1.17. The average molecular weight is 243 g/mol. The molecule has 7 heteroatoms. The van der Waals surface area contributed by atoms with Crippen LogP contribution in [-0.4, -0.2) is 48.9 Å². The van der Waals surface area contributed by atoms with Crippen LogP contribution in [0.15, 0.2) is 5.16 Å². The SMILES string of the molecule is NC(=NO)C(NC(=O)C1COCCO1)C1CC1. The van der Waals surface area contributed by atoms with Crippen molar-refractivity contribution in [2.75, 3.05) is 19.8 Å². The molecule has 17 heavy (non-hydrogen) atoms. The molecule has 0 radical (unpaired) electrons. The zero-order chi connectivity index (χ0) is 12.3. The van der Waals surface area contributed by atoms with Crippen molar-refractivity contribution in [3.8, 4) is 0 Å². The molecule has 0 aromatic heterocycles. The van der Waals surface area contributed by atoms with Gasteiger partial charge in [-0.3, -0.25) is 4.79 Å². The molecule has 0 aromatic carbocycles. The van der Waals surface area contributed by atoms with Gasteiger partial charge in [-0.15, -0.1) is 0 Å². The van der Waals surface area contributed by atoms with Gasteiger partial charge in [0, 0.05) is 0 Å². The molecule has 2 rings (SSSR count). The number of carbonyl (C=O) groups excluding carboxylic acids is 1. The van der Waals surface area contributed by atoms with Crippen LogP contribution in [-0.2, 0) is 14.3 Å². The van der Waals surface area contributed by atoms with Crippen LogP contribution in [0.3, 0.4) is 0 Å². The summed E-state index contributed by atoms with van der Waals surface area (Å²) in [5.41, 5.74) is 5.55. The van der Waals surface area contributed by atoms with E-state index in [1.165, 1.54) is 0 Å². The van der Waals surface area contributed by atoms with E-state index in [9.17, 15) is 4.79 Å². The predicted molar refractivity (Wildman–Crippen MR) is 58.6 cm³/mol. The van der Waals surface area contributed by atoms with Gasteiger partial charge in [-0.25, -0.2) is 0 Å². The number of nitrogens with one attached hydrogen (secondary N) is 1. The number of amides is 1. The van der Waals surface area contributed by atoms with Crippen LogP contribution in [0.2, 0.25) is 0 Å². The number of carbonyl (C=O) groups is 1. The van der Waals surface area contributed by atoms with Crippen molar-refractivity contribution in [2.45, 2.75) is 25.0 Å². The first-order chi connectivity index (χ1) is 8.22. The first-order valence-corrected chi connectivity index (χ1v) is 5.69. The molecule has 2 unspecified atom stereocenters. The zero-order valence-electron chi connectivity index (χ0n) is 9.46. The lowest BCUT2D eigenvalue weighted by atomic mass is 10.1. The maximum absolute atomic E-state index is 11.9. The van der Waals surface area contributed by atoms with Gasteiger partial charge < -0.3 is 25.7 Å². The molecule has 2 atom stereocenters. The molecule has 0 aromatic rings. The molecule has 96 valence electrons. The lowest BCUT2D eigenvalue weighted by Crippen LogP contribution is -2.52. The van der Waals surface area contributed by atoms with E-state index >= 15 is 0 Å². The van der Waals surface area contributed by atoms with Gasteiger partial charge in [0.25, 0.3) is 5.91 Å². The number of ether oxygens (including phenoxy) is 2. The third-order valence-electron chi connectivity index (χ3n) is 2.93. The Labute approximate surface area is 98.9 Å². The van der Waals surface area contributed by atoms with Crippen LogP contribution in [0.5, 0.6) is 0 Å². The molecule has 1 heterocycles. The van der Waals surface area contributed by atoms with E-state index in [1.807, 2.05) is 0 Å². The van der Waals surface area contributed by atoms with Gasteiger partial charge in [-0.1, -0.05) is 5.16 Å². The Morgan fingerprint density at radius 2 is 2.24 bits per heavy atom. The summed E-state index contributed by atoms with van der Waals surface area (Å²) in [7, 11) is 0. The fourth-order valence-electron chi connectivity index (χ4n) is 1.81. The van der Waals surface area contributed by atoms with Crippen molar-refractivity contribution >= 4 is 11.7 Å². The summed E-state index contributed by atoms with van der Waals surface area (Å²) in [6, 6.07) is -0.405. The molecule has 1 amide bonds. The summed E-state index contributed by atoms with van der Waals surface area (Å²) in [4.78, 5) is 11.9. The summed E-state index contributed by atoms with van der Waals surface area (Å²) in [5, 5.41) is 14.4. The highest BCUT2D eigenvalue weighted by Gasteiger charge is 2.37. The Morgan fingerprint density at radius 1 is 1.47 bits per heavy atom. The molecule has 0 bridgehead atoms. The van der Waals surface area contributed by atoms with Crippen molar-refractivity contribution in [3.05, 3.63) is 0 Å². The Bertz CT molecular complexity index is 311. The summed E-state index contributed by atoms with van der Waals surface area (Å²) < 4.78 is 10.4. The van der Waals surface area contributed by atoms with Crippen LogP contribution in [0, 0.1) is 5.92 Å². The summed E-state index contributed by atoms with van der Waals surface area (Å²) in [5.74, 6) is 0.0325. The molecular weight excluding hydrogens is 226 g/mol. The van der Waals surface area contributed by atoms with E-state index in [2.05, 4.69) is 10.5 Å². The lowest BCUT2D eigenvalue weighted by molar-refractivity contribution is -0.147. The molecule has 1 aliphatic carbocycles. The van der Waals surface area contributed by atoms with E-state index in [-0.39, 0.29) is 24.3 Å². The first kappa shape index (κ1) is 12.1. The van der Waals surface area contributed by atoms with E-state index in [0.717, 1.165) is 12.8 Å². The van der Waals surface area contributed by atoms with Gasteiger partial charge in [0.15, 0.2) is 11.9 Å². The fourth-order valence-corrected chi connectivity index (χ4v) is 1.81. The van der Waals surface area contributed by atoms with Gasteiger partial charge in [0.2, 0.25) is 0 Å². The summed E-state index contributed by atoms with van der Waals surface area (Å²) >= 11 is 0.